The van der Waals surface area contributed by atoms with Crippen molar-refractivity contribution in [2.24, 2.45) is 0 Å². The molecule has 0 aliphatic heterocycles. The topological polar surface area (TPSA) is 82.2 Å². The van der Waals surface area contributed by atoms with Crippen LogP contribution >= 0.6 is 23.2 Å². The van der Waals surface area contributed by atoms with Crippen LogP contribution in [0.5, 0.6) is 0 Å². The van der Waals surface area contributed by atoms with Gasteiger partial charge in [-0.25, -0.2) is 9.78 Å². The minimum Gasteiger partial charge on any atom is -0.370 e. The number of nitrogens with one attached hydrogen (secondary N) is 3. The molecule has 0 spiro atoms. The second kappa shape index (κ2) is 9.41. The van der Waals surface area contributed by atoms with Gasteiger partial charge in [-0.2, -0.15) is 4.98 Å². The average Bonchev–Trinajstić information content (AvgIpc) is 3.47. The minimum atomic E-state index is -0.440. The molecule has 28 heavy (non-hydrogen) atoms. The molecular formula is C19H24Cl2N6O. The van der Waals surface area contributed by atoms with Gasteiger partial charge >= 0.3 is 6.03 Å². The second-order valence-electron chi connectivity index (χ2n) is 7.07. The highest BCUT2D eigenvalue weighted by Gasteiger charge is 2.26. The lowest BCUT2D eigenvalue weighted by molar-refractivity contribution is 0.262. The van der Waals surface area contributed by atoms with Gasteiger partial charge in [0, 0.05) is 24.2 Å². The highest BCUT2D eigenvalue weighted by atomic mass is 35.5. The van der Waals surface area contributed by atoms with Crippen LogP contribution in [0.15, 0.2) is 24.3 Å². The summed E-state index contributed by atoms with van der Waals surface area (Å²) in [6.45, 7) is 1.79. The molecule has 0 unspecified atom stereocenters. The molecule has 3 rings (SSSR count). The molecule has 0 atom stereocenters. The molecule has 1 fully saturated rings. The summed E-state index contributed by atoms with van der Waals surface area (Å²) < 4.78 is 0. The number of rotatable bonds is 8. The Morgan fingerprint density at radius 1 is 1.14 bits per heavy atom. The van der Waals surface area contributed by atoms with Gasteiger partial charge in [-0.3, -0.25) is 5.32 Å². The zero-order valence-electron chi connectivity index (χ0n) is 15.9. The van der Waals surface area contributed by atoms with Crippen LogP contribution in [-0.2, 0) is 0 Å². The van der Waals surface area contributed by atoms with Crippen molar-refractivity contribution in [3.05, 3.63) is 40.0 Å². The third kappa shape index (κ3) is 6.22. The number of carbonyl (C=O) groups is 1. The van der Waals surface area contributed by atoms with Gasteiger partial charge in [-0.1, -0.05) is 23.2 Å². The van der Waals surface area contributed by atoms with Gasteiger partial charge in [0.05, 0.1) is 15.7 Å². The molecule has 2 amide bonds. The lowest BCUT2D eigenvalue weighted by Crippen LogP contribution is -2.22. The Bertz CT molecular complexity index is 841. The maximum Gasteiger partial charge on any atom is 0.326 e. The molecule has 150 valence electrons. The molecule has 3 N–H and O–H groups in total. The van der Waals surface area contributed by atoms with Crippen molar-refractivity contribution in [1.82, 2.24) is 14.9 Å². The van der Waals surface area contributed by atoms with E-state index in [9.17, 15) is 4.79 Å². The summed E-state index contributed by atoms with van der Waals surface area (Å²) in [5.74, 6) is 1.45. The SMILES string of the molecule is CN(C)CCCNc1cc(C2CC2)nc(NC(=O)Nc2ccc(Cl)c(Cl)c2)n1. The summed E-state index contributed by atoms with van der Waals surface area (Å²) in [5.41, 5.74) is 1.49. The molecule has 1 aromatic carbocycles. The Labute approximate surface area is 174 Å². The van der Waals surface area contributed by atoms with Crippen LogP contribution in [0, 0.1) is 0 Å². The van der Waals surface area contributed by atoms with Gasteiger partial charge in [-0.05, 0) is 58.1 Å². The first-order valence-electron chi connectivity index (χ1n) is 9.21. The van der Waals surface area contributed by atoms with E-state index in [0.717, 1.165) is 43.9 Å². The van der Waals surface area contributed by atoms with Gasteiger partial charge in [0.15, 0.2) is 0 Å². The summed E-state index contributed by atoms with van der Waals surface area (Å²) in [7, 11) is 4.09. The predicted octanol–water partition coefficient (Wildman–Crippen LogP) is 4.67. The molecule has 1 saturated carbocycles. The molecule has 9 heteroatoms. The molecule has 0 bridgehead atoms. The average molecular weight is 423 g/mol. The quantitative estimate of drug-likeness (QED) is 0.538. The maximum atomic E-state index is 12.3. The number of amides is 2. The van der Waals surface area contributed by atoms with Crippen LogP contribution in [0.1, 0.15) is 30.9 Å². The number of anilines is 3. The summed E-state index contributed by atoms with van der Waals surface area (Å²) in [6.07, 6.45) is 3.23. The Morgan fingerprint density at radius 3 is 2.61 bits per heavy atom. The minimum absolute atomic E-state index is 0.275. The van der Waals surface area contributed by atoms with E-state index in [1.807, 2.05) is 20.2 Å². The summed E-state index contributed by atoms with van der Waals surface area (Å²) >= 11 is 11.9. The van der Waals surface area contributed by atoms with Crippen molar-refractivity contribution < 1.29 is 4.79 Å². The maximum absolute atomic E-state index is 12.3. The van der Waals surface area contributed by atoms with Gasteiger partial charge in [-0.15, -0.1) is 0 Å². The molecular weight excluding hydrogens is 399 g/mol. The van der Waals surface area contributed by atoms with Crippen LogP contribution in [0.3, 0.4) is 0 Å². The number of hydrogen-bond donors (Lipinski definition) is 3. The summed E-state index contributed by atoms with van der Waals surface area (Å²) in [6, 6.07) is 6.41. The third-order valence-electron chi connectivity index (χ3n) is 4.23. The molecule has 2 aromatic rings. The molecule has 7 nitrogen and oxygen atoms in total. The number of benzene rings is 1. The van der Waals surface area contributed by atoms with Crippen molar-refractivity contribution in [3.8, 4) is 0 Å². The molecule has 1 heterocycles. The van der Waals surface area contributed by atoms with E-state index in [0.29, 0.717) is 21.7 Å². The fourth-order valence-corrected chi connectivity index (χ4v) is 2.95. The van der Waals surface area contributed by atoms with E-state index in [4.69, 9.17) is 23.2 Å². The predicted molar refractivity (Wildman–Crippen MR) is 115 cm³/mol. The lowest BCUT2D eigenvalue weighted by Gasteiger charge is -2.13. The van der Waals surface area contributed by atoms with Crippen molar-refractivity contribution in [1.29, 1.82) is 0 Å². The van der Waals surface area contributed by atoms with Crippen LogP contribution < -0.4 is 16.0 Å². The third-order valence-corrected chi connectivity index (χ3v) is 4.97. The van der Waals surface area contributed by atoms with Crippen molar-refractivity contribution in [2.75, 3.05) is 43.1 Å². The number of halogens is 2. The smallest absolute Gasteiger partial charge is 0.326 e. The fraction of sp³-hybridized carbons (Fsp3) is 0.421. The lowest BCUT2D eigenvalue weighted by atomic mass is 10.2. The Kier molecular flexibility index (Phi) is 6.93. The van der Waals surface area contributed by atoms with Crippen LogP contribution in [0.4, 0.5) is 22.2 Å². The normalized spacial score (nSPS) is 13.5. The second-order valence-corrected chi connectivity index (χ2v) is 7.88. The highest BCUT2D eigenvalue weighted by molar-refractivity contribution is 6.42. The Hall–Kier alpha value is -2.09. The van der Waals surface area contributed by atoms with Crippen LogP contribution in [0.25, 0.3) is 0 Å². The van der Waals surface area contributed by atoms with Crippen LogP contribution in [-0.4, -0.2) is 48.1 Å². The highest BCUT2D eigenvalue weighted by Crippen LogP contribution is 2.39. The van der Waals surface area contributed by atoms with Crippen LogP contribution in [0.2, 0.25) is 10.0 Å². The van der Waals surface area contributed by atoms with Crippen molar-refractivity contribution in [2.45, 2.75) is 25.2 Å². The summed E-state index contributed by atoms with van der Waals surface area (Å²) in [4.78, 5) is 23.4. The fourth-order valence-electron chi connectivity index (χ4n) is 2.65. The molecule has 1 aliphatic rings. The Morgan fingerprint density at radius 2 is 1.93 bits per heavy atom. The zero-order chi connectivity index (χ0) is 20.1. The number of carbonyl (C=O) groups excluding carboxylic acids is 1. The van der Waals surface area contributed by atoms with E-state index >= 15 is 0 Å². The van der Waals surface area contributed by atoms with Crippen molar-refractivity contribution in [3.63, 3.8) is 0 Å². The number of hydrogen-bond acceptors (Lipinski definition) is 5. The van der Waals surface area contributed by atoms with E-state index in [1.54, 1.807) is 18.2 Å². The van der Waals surface area contributed by atoms with Gasteiger partial charge in [0.25, 0.3) is 0 Å². The van der Waals surface area contributed by atoms with E-state index < -0.39 is 6.03 Å². The molecule has 0 radical (unpaired) electrons. The van der Waals surface area contributed by atoms with E-state index in [-0.39, 0.29) is 5.95 Å². The van der Waals surface area contributed by atoms with E-state index in [2.05, 4.69) is 30.8 Å². The van der Waals surface area contributed by atoms with Crippen molar-refractivity contribution >= 4 is 46.7 Å². The first kappa shape index (κ1) is 20.6. The summed E-state index contributed by atoms with van der Waals surface area (Å²) in [5, 5.41) is 9.53. The van der Waals surface area contributed by atoms with Gasteiger partial charge < -0.3 is 15.5 Å². The monoisotopic (exact) mass is 422 g/mol. The Balaban J connectivity index is 1.64. The largest absolute Gasteiger partial charge is 0.370 e. The van der Waals surface area contributed by atoms with Gasteiger partial charge in [0.1, 0.15) is 5.82 Å². The number of aromatic nitrogens is 2. The molecule has 1 aromatic heterocycles. The van der Waals surface area contributed by atoms with E-state index in [1.165, 1.54) is 0 Å². The zero-order valence-corrected chi connectivity index (χ0v) is 17.4. The standard InChI is InChI=1S/C19H24Cl2N6O/c1-27(2)9-3-8-22-17-11-16(12-4-5-12)24-18(25-17)26-19(28)23-13-6-7-14(20)15(21)10-13/h6-7,10-12H,3-5,8-9H2,1-2H3,(H3,22,23,24,25,26,28). The molecule has 1 aliphatic carbocycles. The van der Waals surface area contributed by atoms with Gasteiger partial charge in [0.2, 0.25) is 5.95 Å². The number of urea groups is 1. The first-order chi connectivity index (χ1) is 13.4. The first-order valence-corrected chi connectivity index (χ1v) is 9.97. The molecule has 0 saturated heterocycles. The number of nitrogens with zero attached hydrogens (tertiary/aromatic N) is 3.